The van der Waals surface area contributed by atoms with Crippen LogP contribution in [0.1, 0.15) is 24.0 Å². The molecule has 0 saturated carbocycles. The van der Waals surface area contributed by atoms with Gasteiger partial charge >= 0.3 is 0 Å². The molecule has 7 N–H and O–H groups in total. The number of hydrogen-bond acceptors (Lipinski definition) is 31. The van der Waals surface area contributed by atoms with Crippen LogP contribution in [0.3, 0.4) is 0 Å². The van der Waals surface area contributed by atoms with Gasteiger partial charge in [-0.1, -0.05) is 38.6 Å². The van der Waals surface area contributed by atoms with Gasteiger partial charge in [0.2, 0.25) is 11.0 Å². The zero-order chi connectivity index (χ0) is 57.3. The van der Waals surface area contributed by atoms with E-state index in [2.05, 4.69) is 70.5 Å². The summed E-state index contributed by atoms with van der Waals surface area (Å²) in [5, 5.41) is 96.6. The predicted molar refractivity (Wildman–Crippen MR) is 287 cm³/mol. The fourth-order valence-corrected chi connectivity index (χ4v) is 11.4. The summed E-state index contributed by atoms with van der Waals surface area (Å²) in [6, 6.07) is 18.2. The highest BCUT2D eigenvalue weighted by Gasteiger charge is 2.27. The molecule has 0 spiro atoms. The summed E-state index contributed by atoms with van der Waals surface area (Å²) in [7, 11) is -7.00. The summed E-state index contributed by atoms with van der Waals surface area (Å²) >= 11 is 2.74. The third-order valence-electron chi connectivity index (χ3n) is 11.4. The minimum atomic E-state index is -5.29. The first-order valence-corrected chi connectivity index (χ1v) is 28.6. The number of ether oxygens (including phenoxy) is 2. The SMILES string of the molecule is COc1cc(N=Nc2c(SOOO)cc3c(S(=O)(=O)O)c(N=Nc4c(C)c(C#N)c5nc6ccccc6n5c4O)ccc3c2O)c(N(CCCSOOO)CCCS(=O)(=O)O)cc1N=Nc1nc2cc(SOOO)c(OC)cc2s1. The van der Waals surface area contributed by atoms with Crippen molar-refractivity contribution >= 4 is 145 Å². The van der Waals surface area contributed by atoms with Crippen LogP contribution < -0.4 is 14.4 Å². The van der Waals surface area contributed by atoms with E-state index in [9.17, 15) is 46.7 Å². The van der Waals surface area contributed by atoms with Crippen molar-refractivity contribution in [3.63, 3.8) is 0 Å². The van der Waals surface area contributed by atoms with E-state index in [-0.39, 0.29) is 104 Å². The van der Waals surface area contributed by atoms with Gasteiger partial charge in [0, 0.05) is 59.4 Å². The standard InChI is InChI=1S/C44H39N11O19S6/c1-22-25(21-45)42-46-26-8-4-5-9-31(26)55(42)43(57)38(22)51-48-27-11-10-23-24(41(27)80(64,65)66)16-37(78-74-71-60)39(40(23)56)52-49-28-18-33(67-2)29(17-32(28)54(12-6-14-75-72-69-58)13-7-15-79(61,62)63)50-53-44-47-30-19-36(77-73-70-59)34(68-3)20-35(30)76-44/h4-5,8-11,16-20,56-60H,6-7,12-15H2,1-3H3,(H,61,62,63)(H,64,65,66). The number of aromatic hydroxyl groups is 2. The third kappa shape index (κ3) is 13.3. The molecular weight excluding hydrogens is 1180 g/mol. The topological polar surface area (TPSA) is 415 Å². The Morgan fingerprint density at radius 2 is 1.43 bits per heavy atom. The second kappa shape index (κ2) is 26.1. The smallest absolute Gasteiger partial charge is 0.297 e. The molecule has 30 nitrogen and oxygen atoms in total. The molecule has 0 aliphatic carbocycles. The summed E-state index contributed by atoms with van der Waals surface area (Å²) in [5.41, 5.74) is 0.614. The van der Waals surface area contributed by atoms with E-state index in [1.165, 1.54) is 43.7 Å². The number of methoxy groups -OCH3 is 2. The Labute approximate surface area is 467 Å². The highest BCUT2D eigenvalue weighted by molar-refractivity contribution is 7.95. The van der Waals surface area contributed by atoms with Crippen molar-refractivity contribution in [3.8, 4) is 29.2 Å². The van der Waals surface area contributed by atoms with E-state index in [1.54, 1.807) is 41.3 Å². The number of aromatic nitrogens is 3. The van der Waals surface area contributed by atoms with Gasteiger partial charge in [0.15, 0.2) is 17.1 Å². The predicted octanol–water partition coefficient (Wildman–Crippen LogP) is 11.8. The van der Waals surface area contributed by atoms with Crippen LogP contribution in [0.4, 0.5) is 39.3 Å². The lowest BCUT2D eigenvalue weighted by Crippen LogP contribution is -2.27. The van der Waals surface area contributed by atoms with E-state index < -0.39 is 59.3 Å². The molecule has 36 heteroatoms. The van der Waals surface area contributed by atoms with Crippen molar-refractivity contribution in [2.24, 2.45) is 30.7 Å². The fourth-order valence-electron chi connectivity index (χ4n) is 7.99. The number of fused-ring (bicyclic) bond motifs is 5. The molecule has 0 radical (unpaired) electrons. The summed E-state index contributed by atoms with van der Waals surface area (Å²) in [6.45, 7) is 1.52. The molecular formula is C44H39N11O19S6. The molecule has 8 aromatic rings. The van der Waals surface area contributed by atoms with Gasteiger partial charge in [-0.3, -0.25) is 13.5 Å². The molecule has 5 aromatic carbocycles. The van der Waals surface area contributed by atoms with Gasteiger partial charge < -0.3 is 24.6 Å². The van der Waals surface area contributed by atoms with E-state index in [0.717, 1.165) is 35.5 Å². The fraction of sp³-hybridized carbons (Fsp3) is 0.205. The van der Waals surface area contributed by atoms with Crippen LogP contribution in [0, 0.1) is 18.3 Å². The first-order chi connectivity index (χ1) is 38.4. The van der Waals surface area contributed by atoms with Crippen molar-refractivity contribution in [1.82, 2.24) is 14.4 Å². The monoisotopic (exact) mass is 1220 g/mol. The molecule has 3 heterocycles. The number of phenolic OH excluding ortho intramolecular Hbond substituents is 1. The Morgan fingerprint density at radius 3 is 2.12 bits per heavy atom. The number of nitrogens with zero attached hydrogens (tertiary/aromatic N) is 11. The number of pyridine rings is 1. The maximum absolute atomic E-state index is 13.3. The third-order valence-corrected chi connectivity index (χ3v) is 15.9. The van der Waals surface area contributed by atoms with Crippen LogP contribution in [-0.2, 0) is 48.4 Å². The number of azo groups is 3. The van der Waals surface area contributed by atoms with E-state index in [1.807, 2.05) is 0 Å². The van der Waals surface area contributed by atoms with E-state index in [0.29, 0.717) is 43.9 Å². The molecule has 80 heavy (non-hydrogen) atoms. The summed E-state index contributed by atoms with van der Waals surface area (Å²) in [4.78, 5) is 9.83. The second-order valence-corrected chi connectivity index (χ2v) is 22.3. The lowest BCUT2D eigenvalue weighted by atomic mass is 10.1. The Kier molecular flexibility index (Phi) is 19.3. The number of para-hydroxylation sites is 2. The zero-order valence-corrected chi connectivity index (χ0v) is 45.9. The van der Waals surface area contributed by atoms with Crippen molar-refractivity contribution < 1.29 is 89.5 Å². The molecule has 0 fully saturated rings. The summed E-state index contributed by atoms with van der Waals surface area (Å²) in [5.74, 6) is -1.31. The number of benzene rings is 5. The van der Waals surface area contributed by atoms with Gasteiger partial charge in [0.25, 0.3) is 20.2 Å². The number of nitriles is 1. The van der Waals surface area contributed by atoms with E-state index >= 15 is 0 Å². The maximum atomic E-state index is 13.3. The number of phenols is 1. The highest BCUT2D eigenvalue weighted by Crippen LogP contribution is 2.49. The van der Waals surface area contributed by atoms with Crippen LogP contribution in [0.2, 0.25) is 0 Å². The first-order valence-electron chi connectivity index (χ1n) is 22.3. The largest absolute Gasteiger partial charge is 0.505 e. The Bertz CT molecular complexity index is 4010. The maximum Gasteiger partial charge on any atom is 0.297 e. The number of thiazole rings is 1. The molecule has 0 aliphatic heterocycles. The van der Waals surface area contributed by atoms with E-state index in [4.69, 9.17) is 24.3 Å². The van der Waals surface area contributed by atoms with Crippen LogP contribution in [-0.4, -0.2) is 105 Å². The normalized spacial score (nSPS) is 12.4. The molecule has 0 saturated heterocycles. The number of imidazole rings is 1. The Morgan fingerprint density at radius 1 is 0.738 bits per heavy atom. The second-order valence-electron chi connectivity index (χ2n) is 16.1. The molecule has 0 amide bonds. The minimum absolute atomic E-state index is 0.0259. The van der Waals surface area contributed by atoms with Gasteiger partial charge in [0.1, 0.15) is 50.8 Å². The Balaban J connectivity index is 1.25. The van der Waals surface area contributed by atoms with Crippen LogP contribution >= 0.6 is 47.5 Å². The van der Waals surface area contributed by atoms with Crippen LogP contribution in [0.15, 0.2) is 112 Å². The van der Waals surface area contributed by atoms with Crippen molar-refractivity contribution in [1.29, 1.82) is 5.26 Å². The minimum Gasteiger partial charge on any atom is -0.505 e. The molecule has 0 aliphatic rings. The number of rotatable bonds is 26. The van der Waals surface area contributed by atoms with Gasteiger partial charge in [-0.05, 0) is 62.2 Å². The van der Waals surface area contributed by atoms with Gasteiger partial charge in [0.05, 0.1) is 80.8 Å². The molecule has 0 atom stereocenters. The van der Waals surface area contributed by atoms with Crippen molar-refractivity contribution in [2.75, 3.05) is 43.7 Å². The summed E-state index contributed by atoms with van der Waals surface area (Å²) < 4.78 is 97.6. The summed E-state index contributed by atoms with van der Waals surface area (Å²) in [6.07, 6.45) is 0.152. The molecule has 420 valence electrons. The van der Waals surface area contributed by atoms with Gasteiger partial charge in [-0.25, -0.2) is 25.7 Å². The van der Waals surface area contributed by atoms with Crippen LogP contribution in [0.25, 0.3) is 37.7 Å². The lowest BCUT2D eigenvalue weighted by molar-refractivity contribution is -0.432. The molecule has 0 unspecified atom stereocenters. The van der Waals surface area contributed by atoms with Gasteiger partial charge in [-0.15, -0.1) is 43.7 Å². The zero-order valence-electron chi connectivity index (χ0n) is 41.0. The van der Waals surface area contributed by atoms with Gasteiger partial charge in [-0.2, -0.15) is 22.1 Å². The average molecular weight is 1220 g/mol. The highest BCUT2D eigenvalue weighted by atomic mass is 32.2. The quantitative estimate of drug-likeness (QED) is 0.00661. The average Bonchev–Trinajstić information content (AvgIpc) is 4.07. The first kappa shape index (κ1) is 59.1. The lowest BCUT2D eigenvalue weighted by Gasteiger charge is -2.26. The molecule has 0 bridgehead atoms. The molecule has 8 rings (SSSR count). The van der Waals surface area contributed by atoms with Crippen molar-refractivity contribution in [3.05, 3.63) is 77.9 Å². The Hall–Kier alpha value is -7.00. The number of hydrogen-bond donors (Lipinski definition) is 7. The molecule has 3 aromatic heterocycles. The number of anilines is 1. The van der Waals surface area contributed by atoms with Crippen LogP contribution in [0.5, 0.6) is 23.1 Å². The van der Waals surface area contributed by atoms with Crippen molar-refractivity contribution in [2.45, 2.75) is 34.5 Å².